The average molecular weight is 144 g/mol. The SMILES string of the molecule is CCCOCC1CCC1O. The standard InChI is InChI=1S/C8H16O2/c1-2-5-10-6-7-3-4-8(7)9/h7-9H,2-6H2,1H3. The van der Waals surface area contributed by atoms with Crippen molar-refractivity contribution >= 4 is 0 Å². The molecule has 2 atom stereocenters. The van der Waals surface area contributed by atoms with Crippen molar-refractivity contribution in [3.05, 3.63) is 0 Å². The Bertz CT molecular complexity index is 93.3. The summed E-state index contributed by atoms with van der Waals surface area (Å²) in [4.78, 5) is 0. The van der Waals surface area contributed by atoms with Crippen molar-refractivity contribution in [2.75, 3.05) is 13.2 Å². The maximum Gasteiger partial charge on any atom is 0.0590 e. The van der Waals surface area contributed by atoms with Gasteiger partial charge in [0.05, 0.1) is 12.7 Å². The van der Waals surface area contributed by atoms with Gasteiger partial charge >= 0.3 is 0 Å². The molecule has 2 unspecified atom stereocenters. The van der Waals surface area contributed by atoms with Crippen LogP contribution >= 0.6 is 0 Å². The Hall–Kier alpha value is -0.0800. The van der Waals surface area contributed by atoms with Gasteiger partial charge in [-0.25, -0.2) is 0 Å². The molecule has 1 N–H and O–H groups in total. The van der Waals surface area contributed by atoms with Crippen LogP contribution in [0.4, 0.5) is 0 Å². The predicted octanol–water partition coefficient (Wildman–Crippen LogP) is 1.18. The van der Waals surface area contributed by atoms with E-state index in [4.69, 9.17) is 9.84 Å². The molecule has 0 aliphatic heterocycles. The van der Waals surface area contributed by atoms with Crippen molar-refractivity contribution in [1.82, 2.24) is 0 Å². The third kappa shape index (κ3) is 1.96. The Kier molecular flexibility index (Phi) is 3.16. The molecule has 2 nitrogen and oxygen atoms in total. The summed E-state index contributed by atoms with van der Waals surface area (Å²) in [6.07, 6.45) is 3.12. The minimum Gasteiger partial charge on any atom is -0.393 e. The number of aliphatic hydroxyl groups is 1. The first kappa shape index (κ1) is 8.02. The Balaban J connectivity index is 1.92. The van der Waals surface area contributed by atoms with E-state index in [2.05, 4.69) is 6.92 Å². The lowest BCUT2D eigenvalue weighted by molar-refractivity contribution is -0.0309. The molecule has 0 spiro atoms. The van der Waals surface area contributed by atoms with Gasteiger partial charge in [0.25, 0.3) is 0 Å². The molecule has 0 aromatic heterocycles. The molecule has 1 aliphatic rings. The molecular formula is C8H16O2. The van der Waals surface area contributed by atoms with Crippen molar-refractivity contribution in [3.8, 4) is 0 Å². The summed E-state index contributed by atoms with van der Waals surface area (Å²) < 4.78 is 5.30. The van der Waals surface area contributed by atoms with Gasteiger partial charge in [-0.3, -0.25) is 0 Å². The maximum atomic E-state index is 9.13. The van der Waals surface area contributed by atoms with E-state index in [0.717, 1.165) is 32.5 Å². The Morgan fingerprint density at radius 1 is 1.50 bits per heavy atom. The minimum atomic E-state index is -0.0724. The van der Waals surface area contributed by atoms with Crippen LogP contribution in [0.5, 0.6) is 0 Å². The molecular weight excluding hydrogens is 128 g/mol. The number of aliphatic hydroxyl groups excluding tert-OH is 1. The second-order valence-electron chi connectivity index (χ2n) is 2.98. The lowest BCUT2D eigenvalue weighted by Gasteiger charge is -2.31. The fourth-order valence-corrected chi connectivity index (χ4v) is 1.12. The smallest absolute Gasteiger partial charge is 0.0590 e. The maximum absolute atomic E-state index is 9.13. The molecule has 10 heavy (non-hydrogen) atoms. The van der Waals surface area contributed by atoms with Gasteiger partial charge in [-0.15, -0.1) is 0 Å². The molecule has 1 saturated carbocycles. The Morgan fingerprint density at radius 2 is 2.30 bits per heavy atom. The molecule has 1 rings (SSSR count). The van der Waals surface area contributed by atoms with Gasteiger partial charge in [0.2, 0.25) is 0 Å². The van der Waals surface area contributed by atoms with Crippen LogP contribution < -0.4 is 0 Å². The highest BCUT2D eigenvalue weighted by molar-refractivity contribution is 4.79. The van der Waals surface area contributed by atoms with E-state index in [1.54, 1.807) is 0 Å². The molecule has 2 heteroatoms. The van der Waals surface area contributed by atoms with Gasteiger partial charge in [0.15, 0.2) is 0 Å². The average Bonchev–Trinajstić information content (AvgIpc) is 1.95. The van der Waals surface area contributed by atoms with Gasteiger partial charge in [-0.1, -0.05) is 6.92 Å². The Labute approximate surface area is 62.2 Å². The molecule has 0 radical (unpaired) electrons. The first-order valence-corrected chi connectivity index (χ1v) is 4.10. The molecule has 0 aromatic rings. The number of hydrogen-bond acceptors (Lipinski definition) is 2. The molecule has 1 fully saturated rings. The molecule has 0 aromatic carbocycles. The van der Waals surface area contributed by atoms with E-state index in [1.807, 2.05) is 0 Å². The molecule has 0 heterocycles. The molecule has 60 valence electrons. The summed E-state index contributed by atoms with van der Waals surface area (Å²) in [5, 5.41) is 9.13. The first-order valence-electron chi connectivity index (χ1n) is 4.10. The summed E-state index contributed by atoms with van der Waals surface area (Å²) in [6.45, 7) is 3.69. The summed E-state index contributed by atoms with van der Waals surface area (Å²) >= 11 is 0. The van der Waals surface area contributed by atoms with Gasteiger partial charge in [0.1, 0.15) is 0 Å². The topological polar surface area (TPSA) is 29.5 Å². The molecule has 0 amide bonds. The normalized spacial score (nSPS) is 31.8. The third-order valence-electron chi connectivity index (χ3n) is 2.06. The highest BCUT2D eigenvalue weighted by Crippen LogP contribution is 2.27. The minimum absolute atomic E-state index is 0.0724. The van der Waals surface area contributed by atoms with Crippen molar-refractivity contribution < 1.29 is 9.84 Å². The van der Waals surface area contributed by atoms with Crippen LogP contribution in [0.2, 0.25) is 0 Å². The highest BCUT2D eigenvalue weighted by Gasteiger charge is 2.28. The largest absolute Gasteiger partial charge is 0.393 e. The van der Waals surface area contributed by atoms with Crippen LogP contribution in [0.3, 0.4) is 0 Å². The summed E-state index contributed by atoms with van der Waals surface area (Å²) in [5.41, 5.74) is 0. The highest BCUT2D eigenvalue weighted by atomic mass is 16.5. The summed E-state index contributed by atoms with van der Waals surface area (Å²) in [6, 6.07) is 0. The van der Waals surface area contributed by atoms with Gasteiger partial charge in [-0.2, -0.15) is 0 Å². The number of hydrogen-bond donors (Lipinski definition) is 1. The monoisotopic (exact) mass is 144 g/mol. The predicted molar refractivity (Wildman–Crippen MR) is 39.8 cm³/mol. The van der Waals surface area contributed by atoms with Crippen LogP contribution in [-0.4, -0.2) is 24.4 Å². The quantitative estimate of drug-likeness (QED) is 0.600. The van der Waals surface area contributed by atoms with Crippen LogP contribution in [0.1, 0.15) is 26.2 Å². The second kappa shape index (κ2) is 3.94. The van der Waals surface area contributed by atoms with Gasteiger partial charge in [0, 0.05) is 12.5 Å². The van der Waals surface area contributed by atoms with Crippen molar-refractivity contribution in [1.29, 1.82) is 0 Å². The van der Waals surface area contributed by atoms with E-state index in [-0.39, 0.29) is 6.10 Å². The molecule has 0 bridgehead atoms. The van der Waals surface area contributed by atoms with E-state index in [1.165, 1.54) is 0 Å². The molecule has 0 saturated heterocycles. The van der Waals surface area contributed by atoms with E-state index < -0.39 is 0 Å². The van der Waals surface area contributed by atoms with E-state index in [9.17, 15) is 0 Å². The van der Waals surface area contributed by atoms with Crippen molar-refractivity contribution in [2.24, 2.45) is 5.92 Å². The Morgan fingerprint density at radius 3 is 2.70 bits per heavy atom. The number of rotatable bonds is 4. The summed E-state index contributed by atoms with van der Waals surface area (Å²) in [7, 11) is 0. The van der Waals surface area contributed by atoms with E-state index in [0.29, 0.717) is 5.92 Å². The van der Waals surface area contributed by atoms with Gasteiger partial charge in [-0.05, 0) is 19.3 Å². The lowest BCUT2D eigenvalue weighted by Crippen LogP contribution is -2.34. The fraction of sp³-hybridized carbons (Fsp3) is 1.00. The zero-order valence-electron chi connectivity index (χ0n) is 6.55. The molecule has 1 aliphatic carbocycles. The van der Waals surface area contributed by atoms with E-state index >= 15 is 0 Å². The van der Waals surface area contributed by atoms with Crippen LogP contribution in [0.25, 0.3) is 0 Å². The van der Waals surface area contributed by atoms with Crippen LogP contribution in [0.15, 0.2) is 0 Å². The number of ether oxygens (including phenoxy) is 1. The fourth-order valence-electron chi connectivity index (χ4n) is 1.12. The first-order chi connectivity index (χ1) is 4.84. The zero-order chi connectivity index (χ0) is 7.40. The summed E-state index contributed by atoms with van der Waals surface area (Å²) in [5.74, 6) is 0.437. The van der Waals surface area contributed by atoms with Crippen molar-refractivity contribution in [3.63, 3.8) is 0 Å². The van der Waals surface area contributed by atoms with Gasteiger partial charge < -0.3 is 9.84 Å². The second-order valence-corrected chi connectivity index (χ2v) is 2.98. The van der Waals surface area contributed by atoms with Crippen LogP contribution in [-0.2, 0) is 4.74 Å². The van der Waals surface area contributed by atoms with Crippen molar-refractivity contribution in [2.45, 2.75) is 32.3 Å². The lowest BCUT2D eigenvalue weighted by atomic mass is 9.83. The van der Waals surface area contributed by atoms with Crippen LogP contribution in [0, 0.1) is 5.92 Å². The third-order valence-corrected chi connectivity index (χ3v) is 2.06. The zero-order valence-corrected chi connectivity index (χ0v) is 6.55.